The number of hydrogen-bond donors (Lipinski definition) is 6. The van der Waals surface area contributed by atoms with Gasteiger partial charge in [-0.3, -0.25) is 9.79 Å². The summed E-state index contributed by atoms with van der Waals surface area (Å²) < 4.78 is 37.9. The first kappa shape index (κ1) is 39.7. The van der Waals surface area contributed by atoms with E-state index in [1.54, 1.807) is 19.2 Å². The van der Waals surface area contributed by atoms with Crippen LogP contribution < -0.4 is 14.8 Å². The zero-order valence-electron chi connectivity index (χ0n) is 29.5. The number of carbonyl (C=O) groups excluding carboxylic acids is 1. The van der Waals surface area contributed by atoms with Crippen LogP contribution in [0.4, 0.5) is 0 Å². The van der Waals surface area contributed by atoms with Gasteiger partial charge in [0.1, 0.15) is 53.9 Å². The van der Waals surface area contributed by atoms with Gasteiger partial charge in [-0.25, -0.2) is 4.79 Å². The van der Waals surface area contributed by atoms with Gasteiger partial charge in [-0.15, -0.1) is 0 Å². The van der Waals surface area contributed by atoms with Crippen molar-refractivity contribution in [2.24, 2.45) is 4.99 Å². The number of nitrogens with zero attached hydrogens (tertiary/aromatic N) is 1. The highest BCUT2D eigenvalue weighted by Gasteiger charge is 2.54. The zero-order chi connectivity index (χ0) is 38.2. The van der Waals surface area contributed by atoms with Crippen LogP contribution in [-0.2, 0) is 33.3 Å². The Balaban J connectivity index is 1.28. The molecule has 16 heteroatoms. The van der Waals surface area contributed by atoms with Crippen molar-refractivity contribution in [3.05, 3.63) is 89.5 Å². The van der Waals surface area contributed by atoms with E-state index in [2.05, 4.69) is 5.32 Å². The molecule has 53 heavy (non-hydrogen) atoms. The van der Waals surface area contributed by atoms with Crippen LogP contribution in [0.3, 0.4) is 0 Å². The molecule has 6 N–H and O–H groups in total. The predicted molar refractivity (Wildman–Crippen MR) is 186 cm³/mol. The Kier molecular flexibility index (Phi) is 13.5. The standard InChI is InChI=1S/C37H44N2O14/c1-19-5-11-23(12-6-19)50-24-15-9-21(10-16-24)25(20-7-13-22(47-2)14-8-20)38-17-18-39-34(44)32-30(48-3)26(40)29(43)37(52-32)51-31-27(41)28(42)36(49-4)53-33(31)35(45)46/h5-16,26-33,36-37,40-43H,17-18H2,1-4H3,(H,39,44)(H,45,46)/t26-,27?,28?,29?,30+,31?,32?,33?,36?,37-/m1/s1. The van der Waals surface area contributed by atoms with Gasteiger partial charge >= 0.3 is 5.97 Å². The monoisotopic (exact) mass is 740 g/mol. The second-order valence-corrected chi connectivity index (χ2v) is 12.4. The lowest BCUT2D eigenvalue weighted by atomic mass is 9.96. The van der Waals surface area contributed by atoms with Gasteiger partial charge in [0.15, 0.2) is 24.8 Å². The van der Waals surface area contributed by atoms with Crippen LogP contribution in [0, 0.1) is 6.92 Å². The molecule has 2 aliphatic heterocycles. The number of amides is 1. The molecule has 0 aliphatic carbocycles. The number of carbonyl (C=O) groups is 2. The molecule has 5 rings (SSSR count). The third kappa shape index (κ3) is 9.36. The van der Waals surface area contributed by atoms with Crippen molar-refractivity contribution < 1.29 is 68.3 Å². The Morgan fingerprint density at radius 1 is 0.698 bits per heavy atom. The molecule has 286 valence electrons. The van der Waals surface area contributed by atoms with Gasteiger partial charge < -0.3 is 64.0 Å². The lowest BCUT2D eigenvalue weighted by Gasteiger charge is -2.45. The third-order valence-corrected chi connectivity index (χ3v) is 8.82. The highest BCUT2D eigenvalue weighted by atomic mass is 16.7. The van der Waals surface area contributed by atoms with Crippen LogP contribution in [0.15, 0.2) is 77.8 Å². The van der Waals surface area contributed by atoms with Gasteiger partial charge in [0.25, 0.3) is 5.91 Å². The maximum atomic E-state index is 13.4. The number of aliphatic hydroxyl groups excluding tert-OH is 4. The summed E-state index contributed by atoms with van der Waals surface area (Å²) in [4.78, 5) is 30.1. The number of aryl methyl sites for hydroxylation is 1. The van der Waals surface area contributed by atoms with E-state index in [0.717, 1.165) is 23.8 Å². The average molecular weight is 741 g/mol. The molecule has 0 bridgehead atoms. The van der Waals surface area contributed by atoms with Crippen LogP contribution in [0.2, 0.25) is 0 Å². The van der Waals surface area contributed by atoms with E-state index in [1.807, 2.05) is 67.6 Å². The molecule has 3 aromatic carbocycles. The number of hydrogen-bond acceptors (Lipinski definition) is 14. The summed E-state index contributed by atoms with van der Waals surface area (Å²) in [5, 5.41) is 55.0. The first-order valence-electron chi connectivity index (χ1n) is 16.7. The molecular weight excluding hydrogens is 696 g/mol. The first-order valence-corrected chi connectivity index (χ1v) is 16.7. The van der Waals surface area contributed by atoms with Crippen molar-refractivity contribution in [1.82, 2.24) is 5.32 Å². The van der Waals surface area contributed by atoms with Crippen molar-refractivity contribution in [3.8, 4) is 17.2 Å². The minimum atomic E-state index is -1.87. The minimum Gasteiger partial charge on any atom is -0.497 e. The fourth-order valence-electron chi connectivity index (χ4n) is 5.93. The fourth-order valence-corrected chi connectivity index (χ4v) is 5.93. The Labute approximate surface area is 305 Å². The van der Waals surface area contributed by atoms with E-state index in [1.165, 1.54) is 7.11 Å². The van der Waals surface area contributed by atoms with Crippen molar-refractivity contribution in [1.29, 1.82) is 0 Å². The quantitative estimate of drug-likeness (QED) is 0.0993. The average Bonchev–Trinajstić information content (AvgIpc) is 3.16. The fraction of sp³-hybridized carbons (Fsp3) is 0.432. The number of rotatable bonds is 14. The summed E-state index contributed by atoms with van der Waals surface area (Å²) in [6, 6.07) is 22.4. The van der Waals surface area contributed by atoms with E-state index in [0.29, 0.717) is 23.0 Å². The number of methoxy groups -OCH3 is 3. The molecule has 2 aliphatic rings. The van der Waals surface area contributed by atoms with Crippen LogP contribution in [0.25, 0.3) is 0 Å². The maximum absolute atomic E-state index is 13.4. The summed E-state index contributed by atoms with van der Waals surface area (Å²) >= 11 is 0. The number of aliphatic carboxylic acids is 1. The summed E-state index contributed by atoms with van der Waals surface area (Å²) in [5.41, 5.74) is 3.30. The van der Waals surface area contributed by atoms with E-state index in [9.17, 15) is 35.1 Å². The molecule has 3 aromatic rings. The lowest BCUT2D eigenvalue weighted by molar-refractivity contribution is -0.348. The molecular formula is C37H44N2O14. The largest absolute Gasteiger partial charge is 0.497 e. The van der Waals surface area contributed by atoms with Crippen LogP contribution in [0.5, 0.6) is 17.2 Å². The zero-order valence-corrected chi connectivity index (χ0v) is 29.5. The highest BCUT2D eigenvalue weighted by molar-refractivity contribution is 6.13. The molecule has 2 fully saturated rings. The topological polar surface area (TPSA) is 224 Å². The maximum Gasteiger partial charge on any atom is 0.335 e. The normalized spacial score (nSPS) is 28.9. The van der Waals surface area contributed by atoms with E-state index in [4.69, 9.17) is 38.2 Å². The number of aliphatic hydroxyl groups is 4. The number of nitrogens with one attached hydrogen (secondary N) is 1. The van der Waals surface area contributed by atoms with Gasteiger partial charge in [0.05, 0.1) is 19.4 Å². The van der Waals surface area contributed by atoms with Gasteiger partial charge in [0, 0.05) is 31.9 Å². The van der Waals surface area contributed by atoms with E-state index >= 15 is 0 Å². The number of carboxylic acids is 1. The van der Waals surface area contributed by atoms with Gasteiger partial charge in [0.2, 0.25) is 0 Å². The van der Waals surface area contributed by atoms with Crippen molar-refractivity contribution in [2.45, 2.75) is 68.3 Å². The summed E-state index contributed by atoms with van der Waals surface area (Å²) in [5.74, 6) is -0.335. The van der Waals surface area contributed by atoms with Crippen molar-refractivity contribution in [2.75, 3.05) is 34.4 Å². The molecule has 0 radical (unpaired) electrons. The van der Waals surface area contributed by atoms with Gasteiger partial charge in [-0.1, -0.05) is 17.7 Å². The van der Waals surface area contributed by atoms with Crippen molar-refractivity contribution in [3.63, 3.8) is 0 Å². The molecule has 2 heterocycles. The van der Waals surface area contributed by atoms with Crippen LogP contribution >= 0.6 is 0 Å². The molecule has 16 nitrogen and oxygen atoms in total. The smallest absolute Gasteiger partial charge is 0.335 e. The van der Waals surface area contributed by atoms with Gasteiger partial charge in [-0.05, 0) is 67.6 Å². The van der Waals surface area contributed by atoms with Gasteiger partial charge in [-0.2, -0.15) is 0 Å². The number of carboxylic acid groups (broad SMARTS) is 1. The molecule has 0 aromatic heterocycles. The highest BCUT2D eigenvalue weighted by Crippen LogP contribution is 2.31. The van der Waals surface area contributed by atoms with E-state index < -0.39 is 73.3 Å². The molecule has 10 atom stereocenters. The first-order chi connectivity index (χ1) is 25.4. The third-order valence-electron chi connectivity index (χ3n) is 8.82. The second-order valence-electron chi connectivity index (χ2n) is 12.4. The summed E-state index contributed by atoms with van der Waals surface area (Å²) in [7, 11) is 3.92. The SMILES string of the molecule is COc1ccc(C(=NCCNC(=O)C2O[C@@H](OC3C(C(=O)O)OC(OC)C(O)C3O)C(O)[C@@H](O)[C@@H]2OC)c2ccc(Oc3ccc(C)cc3)cc2)cc1. The predicted octanol–water partition coefficient (Wildman–Crippen LogP) is 0.774. The molecule has 1 amide bonds. The van der Waals surface area contributed by atoms with Crippen molar-refractivity contribution >= 4 is 17.6 Å². The second kappa shape index (κ2) is 18.0. The summed E-state index contributed by atoms with van der Waals surface area (Å²) in [6.07, 6.45) is -17.1. The minimum absolute atomic E-state index is 0.00837. The number of aliphatic imine (C=N–C) groups is 1. The van der Waals surface area contributed by atoms with E-state index in [-0.39, 0.29) is 13.1 Å². The molecule has 0 spiro atoms. The number of ether oxygens (including phenoxy) is 7. The molecule has 0 saturated carbocycles. The lowest BCUT2D eigenvalue weighted by Crippen LogP contribution is -2.66. The number of benzene rings is 3. The molecule has 2 saturated heterocycles. The Bertz CT molecular complexity index is 1690. The van der Waals surface area contributed by atoms with Crippen LogP contribution in [-0.4, -0.2) is 139 Å². The molecule has 7 unspecified atom stereocenters. The van der Waals surface area contributed by atoms with Crippen LogP contribution in [0.1, 0.15) is 16.7 Å². The Hall–Kier alpha value is -4.49. The summed E-state index contributed by atoms with van der Waals surface area (Å²) in [6.45, 7) is 2.11. The Morgan fingerprint density at radius 3 is 1.77 bits per heavy atom. The Morgan fingerprint density at radius 2 is 1.23 bits per heavy atom.